The molecule has 1 N–H and O–H groups in total. The quantitative estimate of drug-likeness (QED) is 0.392. The molecule has 35 heavy (non-hydrogen) atoms. The maximum absolute atomic E-state index is 12.9. The Hall–Kier alpha value is -3.22. The molecule has 1 saturated heterocycles. The molecule has 180 valence electrons. The lowest BCUT2D eigenvalue weighted by Crippen LogP contribution is -2.44. The number of hydrogen-bond acceptors (Lipinski definition) is 8. The summed E-state index contributed by atoms with van der Waals surface area (Å²) in [6.07, 6.45) is -1.09. The number of nitrogens with one attached hydrogen (secondary N) is 1. The smallest absolute Gasteiger partial charge is 0.354 e. The van der Waals surface area contributed by atoms with E-state index in [1.165, 1.54) is 0 Å². The molecule has 7 nitrogen and oxygen atoms in total. The molecule has 0 aliphatic carbocycles. The molecule has 0 amide bonds. The fourth-order valence-corrected chi connectivity index (χ4v) is 4.66. The topological polar surface area (TPSA) is 70.1 Å². The predicted octanol–water partition coefficient (Wildman–Crippen LogP) is 4.71. The summed E-state index contributed by atoms with van der Waals surface area (Å²) < 4.78 is 38.7. The van der Waals surface area contributed by atoms with Gasteiger partial charge in [-0.25, -0.2) is 9.97 Å². The Morgan fingerprint density at radius 2 is 1.77 bits per heavy atom. The lowest BCUT2D eigenvalue weighted by Gasteiger charge is -2.33. The van der Waals surface area contributed by atoms with Crippen LogP contribution in [0.25, 0.3) is 21.3 Å². The first kappa shape index (κ1) is 23.5. The van der Waals surface area contributed by atoms with Crippen molar-refractivity contribution >= 4 is 51.0 Å². The highest BCUT2D eigenvalue weighted by atomic mass is 32.1. The van der Waals surface area contributed by atoms with Gasteiger partial charge in [0, 0.05) is 55.1 Å². The number of hydrogen-bond donors (Lipinski definition) is 1. The van der Waals surface area contributed by atoms with Gasteiger partial charge in [0.1, 0.15) is 21.6 Å². The monoisotopic (exact) mass is 515 g/mol. The molecule has 1 aromatic carbocycles. The van der Waals surface area contributed by atoms with Crippen LogP contribution < -0.4 is 10.2 Å². The number of nitrogens with zero attached hydrogens (tertiary/aromatic N) is 6. The van der Waals surface area contributed by atoms with Crippen LogP contribution in [-0.4, -0.2) is 63.3 Å². The highest BCUT2D eigenvalue weighted by Crippen LogP contribution is 2.35. The van der Waals surface area contributed by atoms with Crippen molar-refractivity contribution in [2.45, 2.75) is 6.18 Å². The number of benzene rings is 1. The summed E-state index contributed by atoms with van der Waals surface area (Å²) in [5.74, 6) is 1.45. The number of pyridine rings is 2. The van der Waals surface area contributed by atoms with Gasteiger partial charge in [0.2, 0.25) is 5.01 Å². The molecule has 0 saturated carbocycles. The number of likely N-dealkylation sites (N-methyl/N-ethyl adjacent to an activating group) is 1. The van der Waals surface area contributed by atoms with Gasteiger partial charge in [-0.05, 0) is 36.7 Å². The molecule has 0 unspecified atom stereocenters. The first-order chi connectivity index (χ1) is 16.8. The van der Waals surface area contributed by atoms with Crippen LogP contribution in [0.3, 0.4) is 0 Å². The van der Waals surface area contributed by atoms with Crippen LogP contribution in [0.5, 0.6) is 0 Å². The van der Waals surface area contributed by atoms with Crippen molar-refractivity contribution in [3.63, 3.8) is 0 Å². The van der Waals surface area contributed by atoms with Crippen LogP contribution in [-0.2, 0) is 6.18 Å². The average Bonchev–Trinajstić information content (AvgIpc) is 3.35. The summed E-state index contributed by atoms with van der Waals surface area (Å²) in [5, 5.41) is 10.9. The van der Waals surface area contributed by atoms with Crippen LogP contribution in [0, 0.1) is 0 Å². The Morgan fingerprint density at radius 3 is 2.46 bits per heavy atom. The largest absolute Gasteiger partial charge is 0.445 e. The van der Waals surface area contributed by atoms with Crippen LogP contribution in [0.4, 0.5) is 24.8 Å². The minimum Gasteiger partial charge on any atom is -0.354 e. The van der Waals surface area contributed by atoms with Gasteiger partial charge >= 0.3 is 6.18 Å². The van der Waals surface area contributed by atoms with Crippen LogP contribution in [0.1, 0.15) is 10.6 Å². The summed E-state index contributed by atoms with van der Waals surface area (Å²) in [6.45, 7) is 3.87. The number of piperazine rings is 1. The molecule has 0 atom stereocenters. The van der Waals surface area contributed by atoms with Crippen molar-refractivity contribution in [3.8, 4) is 10.6 Å². The maximum atomic E-state index is 12.9. The summed E-state index contributed by atoms with van der Waals surface area (Å²) >= 11 is 6.06. The van der Waals surface area contributed by atoms with Crippen LogP contribution >= 0.6 is 23.6 Å². The molecule has 12 heteroatoms. The van der Waals surface area contributed by atoms with Gasteiger partial charge in [-0.15, -0.1) is 10.2 Å². The summed E-state index contributed by atoms with van der Waals surface area (Å²) in [5.41, 5.74) is 1.32. The van der Waals surface area contributed by atoms with Crippen molar-refractivity contribution in [3.05, 3.63) is 59.4 Å². The number of thiocarbonyl (C=S) groups is 1. The summed E-state index contributed by atoms with van der Waals surface area (Å²) in [6, 6.07) is 10.9. The summed E-state index contributed by atoms with van der Waals surface area (Å²) in [4.78, 5) is 14.0. The third kappa shape index (κ3) is 5.24. The van der Waals surface area contributed by atoms with Crippen molar-refractivity contribution in [1.29, 1.82) is 0 Å². The van der Waals surface area contributed by atoms with E-state index in [1.54, 1.807) is 36.7 Å². The van der Waals surface area contributed by atoms with Crippen LogP contribution in [0.15, 0.2) is 48.8 Å². The minimum absolute atomic E-state index is 0.201. The van der Waals surface area contributed by atoms with Gasteiger partial charge in [0.25, 0.3) is 0 Å². The third-order valence-electron chi connectivity index (χ3n) is 5.72. The Morgan fingerprint density at radius 1 is 0.971 bits per heavy atom. The van der Waals surface area contributed by atoms with Gasteiger partial charge in [-0.1, -0.05) is 35.7 Å². The molecule has 1 fully saturated rings. The van der Waals surface area contributed by atoms with E-state index in [4.69, 9.17) is 12.2 Å². The molecule has 4 heterocycles. The zero-order valence-corrected chi connectivity index (χ0v) is 20.2. The second-order valence-electron chi connectivity index (χ2n) is 8.19. The van der Waals surface area contributed by atoms with Gasteiger partial charge in [-0.3, -0.25) is 0 Å². The number of rotatable bonds is 4. The van der Waals surface area contributed by atoms with E-state index in [1.807, 2.05) is 12.1 Å². The van der Waals surface area contributed by atoms with Crippen molar-refractivity contribution in [1.82, 2.24) is 25.1 Å². The van der Waals surface area contributed by atoms with Gasteiger partial charge < -0.3 is 15.1 Å². The second-order valence-corrected chi connectivity index (χ2v) is 9.58. The van der Waals surface area contributed by atoms with E-state index in [9.17, 15) is 13.2 Å². The fourth-order valence-electron chi connectivity index (χ4n) is 3.73. The summed E-state index contributed by atoms with van der Waals surface area (Å²) in [7, 11) is 2.11. The van der Waals surface area contributed by atoms with Gasteiger partial charge in [0.15, 0.2) is 0 Å². The molecule has 1 aliphatic rings. The number of fused-ring (bicyclic) bond motifs is 1. The highest BCUT2D eigenvalue weighted by molar-refractivity contribution is 7.81. The van der Waals surface area contributed by atoms with E-state index in [-0.39, 0.29) is 5.01 Å². The molecule has 3 aromatic heterocycles. The van der Waals surface area contributed by atoms with E-state index in [0.29, 0.717) is 27.7 Å². The minimum atomic E-state index is -4.51. The maximum Gasteiger partial charge on any atom is 0.445 e. The lowest BCUT2D eigenvalue weighted by atomic mass is 10.1. The zero-order chi connectivity index (χ0) is 24.6. The normalized spacial score (nSPS) is 14.9. The van der Waals surface area contributed by atoms with Gasteiger partial charge in [-0.2, -0.15) is 13.2 Å². The zero-order valence-electron chi connectivity index (χ0n) is 18.6. The van der Waals surface area contributed by atoms with E-state index in [0.717, 1.165) is 48.3 Å². The van der Waals surface area contributed by atoms with Crippen molar-refractivity contribution in [2.75, 3.05) is 43.4 Å². The van der Waals surface area contributed by atoms with Crippen molar-refractivity contribution in [2.24, 2.45) is 0 Å². The number of halogens is 3. The van der Waals surface area contributed by atoms with Crippen molar-refractivity contribution < 1.29 is 13.2 Å². The van der Waals surface area contributed by atoms with E-state index < -0.39 is 11.2 Å². The number of alkyl halides is 3. The fraction of sp³-hybridized carbons (Fsp3) is 0.261. The lowest BCUT2D eigenvalue weighted by molar-refractivity contribution is -0.138. The Kier molecular flexibility index (Phi) is 6.34. The second kappa shape index (κ2) is 9.44. The molecular formula is C23H20F3N7S2. The third-order valence-corrected chi connectivity index (χ3v) is 7.07. The average molecular weight is 516 g/mol. The SMILES string of the molecule is CN1CCN(c2ccc(C(=S)Nc3cc4cc(-c5nnc(C(F)(F)F)s5)ccc4cn3)cn2)CC1. The molecule has 4 aromatic rings. The molecule has 5 rings (SSSR count). The highest BCUT2D eigenvalue weighted by Gasteiger charge is 2.35. The Balaban J connectivity index is 1.31. The first-order valence-corrected chi connectivity index (χ1v) is 12.0. The number of aromatic nitrogens is 4. The Bertz CT molecular complexity index is 1360. The first-order valence-electron chi connectivity index (χ1n) is 10.8. The Labute approximate surface area is 208 Å². The van der Waals surface area contributed by atoms with Gasteiger partial charge in [0.05, 0.1) is 0 Å². The molecule has 0 radical (unpaired) electrons. The predicted molar refractivity (Wildman–Crippen MR) is 135 cm³/mol. The molecule has 1 aliphatic heterocycles. The molecule has 0 spiro atoms. The number of anilines is 2. The molecule has 0 bridgehead atoms. The van der Waals surface area contributed by atoms with Crippen LogP contribution in [0.2, 0.25) is 0 Å². The van der Waals surface area contributed by atoms with E-state index in [2.05, 4.69) is 42.3 Å². The standard InChI is InChI=1S/C23H20F3N7S2/c1-32-6-8-33(9-7-32)19-5-4-16(13-28-19)20(34)29-18-11-17-10-14(2-3-15(17)12-27-18)21-30-31-22(35-21)23(24,25)26/h2-5,10-13H,6-9H2,1H3,(H,27,29,34). The molecular weight excluding hydrogens is 495 g/mol. The van der Waals surface area contributed by atoms with E-state index >= 15 is 0 Å².